The van der Waals surface area contributed by atoms with Gasteiger partial charge in [-0.3, -0.25) is 20.4 Å². The van der Waals surface area contributed by atoms with E-state index >= 15 is 0 Å². The fourth-order valence-electron chi connectivity index (χ4n) is 1.73. The van der Waals surface area contributed by atoms with E-state index in [9.17, 15) is 9.59 Å². The maximum atomic E-state index is 11.9. The van der Waals surface area contributed by atoms with Crippen molar-refractivity contribution in [2.24, 2.45) is 5.92 Å². The van der Waals surface area contributed by atoms with Gasteiger partial charge in [-0.05, 0) is 25.0 Å². The summed E-state index contributed by atoms with van der Waals surface area (Å²) in [6.07, 6.45) is 1.78. The molecule has 5 nitrogen and oxygen atoms in total. The number of carbonyl (C=O) groups is 2. The van der Waals surface area contributed by atoms with Gasteiger partial charge in [0, 0.05) is 21.9 Å². The Morgan fingerprint density at radius 3 is 2.57 bits per heavy atom. The summed E-state index contributed by atoms with van der Waals surface area (Å²) >= 11 is 7.20. The highest BCUT2D eigenvalue weighted by Gasteiger charge is 2.29. The Hall–Kier alpha value is -1.92. The second-order valence-electron chi connectivity index (χ2n) is 4.76. The Morgan fingerprint density at radius 2 is 1.90 bits per heavy atom. The van der Waals surface area contributed by atoms with Crippen LogP contribution in [-0.4, -0.2) is 16.8 Å². The molecule has 1 aliphatic rings. The van der Waals surface area contributed by atoms with E-state index in [-0.39, 0.29) is 17.5 Å². The third-order valence-electron chi connectivity index (χ3n) is 3.08. The smallest absolute Gasteiger partial charge is 0.273 e. The highest BCUT2D eigenvalue weighted by Crippen LogP contribution is 2.28. The van der Waals surface area contributed by atoms with Crippen molar-refractivity contribution in [2.45, 2.75) is 12.8 Å². The van der Waals surface area contributed by atoms with E-state index in [4.69, 9.17) is 11.6 Å². The van der Waals surface area contributed by atoms with Crippen molar-refractivity contribution >= 4 is 34.8 Å². The minimum atomic E-state index is -0.416. The lowest BCUT2D eigenvalue weighted by Crippen LogP contribution is -2.42. The molecule has 7 heteroatoms. The molecule has 0 unspecified atom stereocenters. The number of carbonyl (C=O) groups excluding carboxylic acids is 2. The van der Waals surface area contributed by atoms with Crippen LogP contribution in [0.15, 0.2) is 29.6 Å². The average Bonchev–Trinajstić information content (AvgIpc) is 3.23. The van der Waals surface area contributed by atoms with Gasteiger partial charge in [0.25, 0.3) is 5.91 Å². The first-order valence-corrected chi connectivity index (χ1v) is 7.71. The lowest BCUT2D eigenvalue weighted by Gasteiger charge is -2.04. The van der Waals surface area contributed by atoms with Gasteiger partial charge in [0.05, 0.1) is 0 Å². The highest BCUT2D eigenvalue weighted by atomic mass is 35.5. The SMILES string of the molecule is O=C(NNC(=O)C1CC1)c1csc(-c2ccc(Cl)cc2)n1. The summed E-state index contributed by atoms with van der Waals surface area (Å²) in [5.41, 5.74) is 5.96. The van der Waals surface area contributed by atoms with Crippen LogP contribution in [0.25, 0.3) is 10.6 Å². The van der Waals surface area contributed by atoms with E-state index in [1.54, 1.807) is 17.5 Å². The van der Waals surface area contributed by atoms with E-state index in [0.717, 1.165) is 23.4 Å². The number of amides is 2. The monoisotopic (exact) mass is 321 g/mol. The molecule has 1 aromatic heterocycles. The van der Waals surface area contributed by atoms with Gasteiger partial charge in [0.1, 0.15) is 10.7 Å². The molecule has 2 aromatic rings. The predicted octanol–water partition coefficient (Wildman–Crippen LogP) is 2.63. The molecule has 3 rings (SSSR count). The van der Waals surface area contributed by atoms with Gasteiger partial charge in [0.15, 0.2) is 0 Å². The van der Waals surface area contributed by atoms with Crippen molar-refractivity contribution in [1.29, 1.82) is 0 Å². The molecule has 0 atom stereocenters. The first-order valence-electron chi connectivity index (χ1n) is 6.45. The Bertz CT molecular complexity index is 680. The normalized spacial score (nSPS) is 13.8. The Balaban J connectivity index is 1.64. The lowest BCUT2D eigenvalue weighted by molar-refractivity contribution is -0.123. The van der Waals surface area contributed by atoms with Crippen molar-refractivity contribution in [2.75, 3.05) is 0 Å². The van der Waals surface area contributed by atoms with E-state index in [0.29, 0.717) is 5.02 Å². The van der Waals surface area contributed by atoms with E-state index in [1.807, 2.05) is 12.1 Å². The topological polar surface area (TPSA) is 71.1 Å². The molecule has 108 valence electrons. The van der Waals surface area contributed by atoms with E-state index in [1.165, 1.54) is 11.3 Å². The van der Waals surface area contributed by atoms with Gasteiger partial charge in [-0.2, -0.15) is 0 Å². The van der Waals surface area contributed by atoms with E-state index in [2.05, 4.69) is 15.8 Å². The van der Waals surface area contributed by atoms with Gasteiger partial charge in [-0.25, -0.2) is 4.98 Å². The van der Waals surface area contributed by atoms with Crippen molar-refractivity contribution in [3.8, 4) is 10.6 Å². The molecule has 2 N–H and O–H groups in total. The van der Waals surface area contributed by atoms with Crippen LogP contribution in [0.2, 0.25) is 5.02 Å². The molecule has 1 aromatic carbocycles. The second-order valence-corrected chi connectivity index (χ2v) is 6.06. The highest BCUT2D eigenvalue weighted by molar-refractivity contribution is 7.13. The molecule has 0 aliphatic heterocycles. The van der Waals surface area contributed by atoms with Crippen molar-refractivity contribution in [1.82, 2.24) is 15.8 Å². The van der Waals surface area contributed by atoms with E-state index < -0.39 is 5.91 Å². The minimum absolute atomic E-state index is 0.0466. The number of hydrazine groups is 1. The summed E-state index contributed by atoms with van der Waals surface area (Å²) in [4.78, 5) is 27.6. The number of rotatable bonds is 3. The quantitative estimate of drug-likeness (QED) is 0.854. The van der Waals surface area contributed by atoms with Crippen LogP contribution in [0, 0.1) is 5.92 Å². The Kier molecular flexibility index (Phi) is 3.90. The predicted molar refractivity (Wildman–Crippen MR) is 80.9 cm³/mol. The van der Waals surface area contributed by atoms with Crippen LogP contribution in [0.3, 0.4) is 0 Å². The van der Waals surface area contributed by atoms with Gasteiger partial charge >= 0.3 is 0 Å². The number of halogens is 1. The first kappa shape index (κ1) is 14.0. The summed E-state index contributed by atoms with van der Waals surface area (Å²) in [7, 11) is 0. The van der Waals surface area contributed by atoms with Crippen LogP contribution in [-0.2, 0) is 4.79 Å². The second kappa shape index (κ2) is 5.83. The molecular weight excluding hydrogens is 310 g/mol. The van der Waals surface area contributed by atoms with Crippen LogP contribution in [0.4, 0.5) is 0 Å². The average molecular weight is 322 g/mol. The Labute approximate surface area is 130 Å². The number of thiazole rings is 1. The lowest BCUT2D eigenvalue weighted by atomic mass is 10.2. The standard InChI is InChI=1S/C14H12ClN3O2S/c15-10-5-3-9(4-6-10)14-16-11(7-21-14)13(20)18-17-12(19)8-1-2-8/h3-8H,1-2H2,(H,17,19)(H,18,20). The van der Waals surface area contributed by atoms with Crippen LogP contribution < -0.4 is 10.9 Å². The van der Waals surface area contributed by atoms with Gasteiger partial charge in [-0.1, -0.05) is 23.7 Å². The number of benzene rings is 1. The molecule has 0 spiro atoms. The zero-order valence-corrected chi connectivity index (χ0v) is 12.5. The van der Waals surface area contributed by atoms with Gasteiger partial charge in [-0.15, -0.1) is 11.3 Å². The molecule has 1 saturated carbocycles. The fraction of sp³-hybridized carbons (Fsp3) is 0.214. The minimum Gasteiger partial charge on any atom is -0.273 e. The third kappa shape index (κ3) is 3.40. The summed E-state index contributed by atoms with van der Waals surface area (Å²) in [6.45, 7) is 0. The third-order valence-corrected chi connectivity index (χ3v) is 4.22. The fourth-order valence-corrected chi connectivity index (χ4v) is 2.67. The largest absolute Gasteiger partial charge is 0.289 e. The molecule has 1 heterocycles. The van der Waals surface area contributed by atoms with Crippen molar-refractivity contribution in [3.05, 3.63) is 40.4 Å². The molecule has 1 aliphatic carbocycles. The molecule has 1 fully saturated rings. The number of nitrogens with zero attached hydrogens (tertiary/aromatic N) is 1. The maximum Gasteiger partial charge on any atom is 0.289 e. The molecule has 2 amide bonds. The number of aromatic nitrogens is 1. The summed E-state index contributed by atoms with van der Waals surface area (Å²) in [5.74, 6) is -0.512. The maximum absolute atomic E-state index is 11.9. The number of nitrogens with one attached hydrogen (secondary N) is 2. The first-order chi connectivity index (χ1) is 10.1. The number of hydrogen-bond acceptors (Lipinski definition) is 4. The van der Waals surface area contributed by atoms with Gasteiger partial charge in [0.2, 0.25) is 5.91 Å². The molecular formula is C14H12ClN3O2S. The molecule has 0 saturated heterocycles. The summed E-state index contributed by atoms with van der Waals surface area (Å²) in [6, 6.07) is 7.23. The zero-order chi connectivity index (χ0) is 14.8. The van der Waals surface area contributed by atoms with Gasteiger partial charge < -0.3 is 0 Å². The number of hydrogen-bond donors (Lipinski definition) is 2. The summed E-state index contributed by atoms with van der Waals surface area (Å²) in [5, 5.41) is 3.03. The van der Waals surface area contributed by atoms with Crippen molar-refractivity contribution < 1.29 is 9.59 Å². The Morgan fingerprint density at radius 1 is 1.19 bits per heavy atom. The molecule has 21 heavy (non-hydrogen) atoms. The molecule has 0 bridgehead atoms. The molecule has 0 radical (unpaired) electrons. The van der Waals surface area contributed by atoms with Crippen LogP contribution in [0.5, 0.6) is 0 Å². The summed E-state index contributed by atoms with van der Waals surface area (Å²) < 4.78 is 0. The zero-order valence-electron chi connectivity index (χ0n) is 10.9. The van der Waals surface area contributed by atoms with Crippen LogP contribution in [0.1, 0.15) is 23.3 Å². The van der Waals surface area contributed by atoms with Crippen molar-refractivity contribution in [3.63, 3.8) is 0 Å². The van der Waals surface area contributed by atoms with Crippen LogP contribution >= 0.6 is 22.9 Å².